The second kappa shape index (κ2) is 5.36. The summed E-state index contributed by atoms with van der Waals surface area (Å²) in [7, 11) is 0. The zero-order chi connectivity index (χ0) is 13.2. The number of anilines is 2. The first-order valence-corrected chi connectivity index (χ1v) is 7.98. The second-order valence-corrected chi connectivity index (χ2v) is 6.61. The summed E-state index contributed by atoms with van der Waals surface area (Å²) in [5.41, 5.74) is 5.75. The van der Waals surface area contributed by atoms with E-state index >= 15 is 0 Å². The predicted octanol–water partition coefficient (Wildman–Crippen LogP) is 1.78. The zero-order valence-electron chi connectivity index (χ0n) is 10.6. The number of amides is 1. The van der Waals surface area contributed by atoms with Crippen molar-refractivity contribution < 1.29 is 4.79 Å². The van der Waals surface area contributed by atoms with Crippen LogP contribution in [0.15, 0.2) is 0 Å². The summed E-state index contributed by atoms with van der Waals surface area (Å²) >= 11 is 3.13. The molecule has 1 aliphatic carbocycles. The number of carbonyl (C=O) groups excluding carboxylic acids is 1. The van der Waals surface area contributed by atoms with Gasteiger partial charge in [0, 0.05) is 17.8 Å². The summed E-state index contributed by atoms with van der Waals surface area (Å²) in [6.45, 7) is 3.46. The topological polar surface area (TPSA) is 80.0 Å². The molecular formula is C11H18N4OS2. The van der Waals surface area contributed by atoms with Crippen molar-refractivity contribution in [3.63, 3.8) is 0 Å². The van der Waals surface area contributed by atoms with E-state index in [1.165, 1.54) is 24.2 Å². The Hall–Kier alpha value is -0.950. The molecule has 7 heteroatoms. The van der Waals surface area contributed by atoms with Crippen LogP contribution >= 0.6 is 23.1 Å². The monoisotopic (exact) mass is 286 g/mol. The smallest absolute Gasteiger partial charge is 0.265 e. The third-order valence-electron chi connectivity index (χ3n) is 3.00. The number of rotatable bonds is 6. The average Bonchev–Trinajstić information content (AvgIpc) is 3.05. The lowest BCUT2D eigenvalue weighted by molar-refractivity contribution is 0.0957. The molecule has 0 spiro atoms. The minimum atomic E-state index is -0.116. The van der Waals surface area contributed by atoms with E-state index in [0.717, 1.165) is 6.54 Å². The Labute approximate surface area is 115 Å². The summed E-state index contributed by atoms with van der Waals surface area (Å²) in [5.74, 6) is 0.192. The number of aromatic nitrogens is 1. The van der Waals surface area contributed by atoms with Crippen LogP contribution in [0.5, 0.6) is 0 Å². The second-order valence-electron chi connectivity index (χ2n) is 4.33. The lowest BCUT2D eigenvalue weighted by Crippen LogP contribution is -2.31. The SMILES string of the molecule is CCNc1nc(N)c(C(=O)NCC2(SC)CC2)s1. The summed E-state index contributed by atoms with van der Waals surface area (Å²) in [4.78, 5) is 16.6. The molecule has 5 nitrogen and oxygen atoms in total. The molecule has 0 atom stereocenters. The molecule has 1 amide bonds. The number of carbonyl (C=O) groups is 1. The molecule has 0 unspecified atom stereocenters. The average molecular weight is 286 g/mol. The Kier molecular flexibility index (Phi) is 4.01. The van der Waals surface area contributed by atoms with Crippen LogP contribution in [0, 0.1) is 0 Å². The first kappa shape index (κ1) is 13.5. The van der Waals surface area contributed by atoms with E-state index in [9.17, 15) is 4.79 Å². The molecule has 0 saturated heterocycles. The van der Waals surface area contributed by atoms with Gasteiger partial charge in [0.15, 0.2) is 5.13 Å². The molecule has 1 fully saturated rings. The van der Waals surface area contributed by atoms with E-state index in [1.54, 1.807) is 0 Å². The Bertz CT molecular complexity index is 442. The number of hydrogen-bond donors (Lipinski definition) is 3. The van der Waals surface area contributed by atoms with E-state index in [0.29, 0.717) is 22.4 Å². The lowest BCUT2D eigenvalue weighted by Gasteiger charge is -2.12. The highest BCUT2D eigenvalue weighted by Gasteiger charge is 2.42. The van der Waals surface area contributed by atoms with Crippen LogP contribution in [0.4, 0.5) is 10.9 Å². The summed E-state index contributed by atoms with van der Waals surface area (Å²) in [6, 6.07) is 0. The maximum atomic E-state index is 12.0. The molecule has 0 radical (unpaired) electrons. The van der Waals surface area contributed by atoms with Gasteiger partial charge in [0.1, 0.15) is 10.7 Å². The van der Waals surface area contributed by atoms with Crippen LogP contribution in [0.3, 0.4) is 0 Å². The van der Waals surface area contributed by atoms with Crippen molar-refractivity contribution in [2.75, 3.05) is 30.4 Å². The fourth-order valence-corrected chi connectivity index (χ4v) is 3.23. The van der Waals surface area contributed by atoms with E-state index in [2.05, 4.69) is 21.9 Å². The first-order valence-electron chi connectivity index (χ1n) is 5.94. The highest BCUT2D eigenvalue weighted by atomic mass is 32.2. The van der Waals surface area contributed by atoms with E-state index < -0.39 is 0 Å². The van der Waals surface area contributed by atoms with Crippen molar-refractivity contribution in [1.29, 1.82) is 0 Å². The van der Waals surface area contributed by atoms with Gasteiger partial charge in [-0.25, -0.2) is 4.98 Å². The number of hydrogen-bond acceptors (Lipinski definition) is 6. The standard InChI is InChI=1S/C11H18N4OS2/c1-3-13-10-15-8(12)7(18-10)9(16)14-6-11(17-2)4-5-11/h3-6,12H2,1-2H3,(H,13,15)(H,14,16). The molecule has 2 rings (SSSR count). The van der Waals surface area contributed by atoms with E-state index in [-0.39, 0.29) is 10.7 Å². The van der Waals surface area contributed by atoms with Crippen LogP contribution in [0.25, 0.3) is 0 Å². The molecule has 100 valence electrons. The van der Waals surface area contributed by atoms with Gasteiger partial charge in [-0.1, -0.05) is 11.3 Å². The van der Waals surface area contributed by atoms with Gasteiger partial charge in [0.25, 0.3) is 5.91 Å². The summed E-state index contributed by atoms with van der Waals surface area (Å²) in [6.07, 6.45) is 4.44. The molecule has 1 heterocycles. The number of nitrogen functional groups attached to an aromatic ring is 1. The molecule has 1 aromatic heterocycles. The van der Waals surface area contributed by atoms with Crippen LogP contribution < -0.4 is 16.4 Å². The molecule has 1 saturated carbocycles. The minimum absolute atomic E-state index is 0.116. The van der Waals surface area contributed by atoms with Crippen molar-refractivity contribution >= 4 is 40.0 Å². The maximum Gasteiger partial charge on any atom is 0.265 e. The van der Waals surface area contributed by atoms with Gasteiger partial charge < -0.3 is 16.4 Å². The van der Waals surface area contributed by atoms with Gasteiger partial charge in [-0.2, -0.15) is 11.8 Å². The zero-order valence-corrected chi connectivity index (χ0v) is 12.2. The van der Waals surface area contributed by atoms with Crippen molar-refractivity contribution in [1.82, 2.24) is 10.3 Å². The number of thioether (sulfide) groups is 1. The Morgan fingerprint density at radius 3 is 2.89 bits per heavy atom. The molecule has 1 aliphatic rings. The third-order valence-corrected chi connectivity index (χ3v) is 5.45. The first-order chi connectivity index (χ1) is 8.60. The van der Waals surface area contributed by atoms with Gasteiger partial charge in [-0.05, 0) is 26.0 Å². The molecule has 18 heavy (non-hydrogen) atoms. The fourth-order valence-electron chi connectivity index (χ4n) is 1.64. The van der Waals surface area contributed by atoms with Gasteiger partial charge in [0.05, 0.1) is 0 Å². The third kappa shape index (κ3) is 2.89. The summed E-state index contributed by atoms with van der Waals surface area (Å²) in [5, 5.41) is 6.71. The normalized spacial score (nSPS) is 16.3. The van der Waals surface area contributed by atoms with E-state index in [4.69, 9.17) is 5.73 Å². The molecular weight excluding hydrogens is 268 g/mol. The Balaban J connectivity index is 1.96. The van der Waals surface area contributed by atoms with Gasteiger partial charge in [-0.15, -0.1) is 0 Å². The van der Waals surface area contributed by atoms with Crippen LogP contribution in [0.2, 0.25) is 0 Å². The molecule has 0 aromatic carbocycles. The van der Waals surface area contributed by atoms with Crippen LogP contribution in [-0.2, 0) is 0 Å². The number of nitrogens with two attached hydrogens (primary N) is 1. The lowest BCUT2D eigenvalue weighted by atomic mass is 10.4. The van der Waals surface area contributed by atoms with Crippen LogP contribution in [-0.4, -0.2) is 35.0 Å². The van der Waals surface area contributed by atoms with Crippen molar-refractivity contribution in [3.8, 4) is 0 Å². The van der Waals surface area contributed by atoms with Gasteiger partial charge >= 0.3 is 0 Å². The van der Waals surface area contributed by atoms with E-state index in [1.807, 2.05) is 18.7 Å². The molecule has 4 N–H and O–H groups in total. The predicted molar refractivity (Wildman–Crippen MR) is 78.5 cm³/mol. The van der Waals surface area contributed by atoms with Crippen molar-refractivity contribution in [3.05, 3.63) is 4.88 Å². The highest BCUT2D eigenvalue weighted by molar-refractivity contribution is 8.00. The van der Waals surface area contributed by atoms with Crippen molar-refractivity contribution in [2.24, 2.45) is 0 Å². The van der Waals surface area contributed by atoms with Gasteiger partial charge in [-0.3, -0.25) is 4.79 Å². The molecule has 0 aliphatic heterocycles. The quantitative estimate of drug-likeness (QED) is 0.743. The minimum Gasteiger partial charge on any atom is -0.382 e. The highest BCUT2D eigenvalue weighted by Crippen LogP contribution is 2.46. The number of nitrogens with one attached hydrogen (secondary N) is 2. The van der Waals surface area contributed by atoms with Crippen molar-refractivity contribution in [2.45, 2.75) is 24.5 Å². The van der Waals surface area contributed by atoms with Crippen LogP contribution in [0.1, 0.15) is 29.4 Å². The number of thiazole rings is 1. The fraction of sp³-hybridized carbons (Fsp3) is 0.636. The maximum absolute atomic E-state index is 12.0. The van der Waals surface area contributed by atoms with Gasteiger partial charge in [0.2, 0.25) is 0 Å². The number of nitrogens with zero attached hydrogens (tertiary/aromatic N) is 1. The Morgan fingerprint density at radius 2 is 2.33 bits per heavy atom. The summed E-state index contributed by atoms with van der Waals surface area (Å²) < 4.78 is 0.264. The molecule has 0 bridgehead atoms. The largest absolute Gasteiger partial charge is 0.382 e. The molecule has 1 aromatic rings. The Morgan fingerprint density at radius 1 is 1.61 bits per heavy atom.